The molecule has 1 aliphatic heterocycles. The van der Waals surface area contributed by atoms with Crippen LogP contribution in [-0.4, -0.2) is 48.2 Å². The smallest absolute Gasteiger partial charge is 0.0948 e. The Morgan fingerprint density at radius 1 is 1.43 bits per heavy atom. The third kappa shape index (κ3) is 3.92. The van der Waals surface area contributed by atoms with Crippen molar-refractivity contribution in [2.75, 3.05) is 19.8 Å². The molecule has 1 aliphatic rings. The lowest BCUT2D eigenvalue weighted by Crippen LogP contribution is -2.42. The normalized spacial score (nSPS) is 29.8. The summed E-state index contributed by atoms with van der Waals surface area (Å²) in [5.41, 5.74) is 0. The van der Waals surface area contributed by atoms with E-state index in [2.05, 4.69) is 19.2 Å². The summed E-state index contributed by atoms with van der Waals surface area (Å²) in [6.45, 7) is 5.63. The molecule has 0 aromatic heterocycles. The topological polar surface area (TPSA) is 61.7 Å². The SMILES string of the molecule is CC(C)CC(O)CNC1COCC1O. The monoisotopic (exact) mass is 203 g/mol. The lowest BCUT2D eigenvalue weighted by molar-refractivity contribution is 0.114. The van der Waals surface area contributed by atoms with Crippen LogP contribution in [0.2, 0.25) is 0 Å². The minimum Gasteiger partial charge on any atom is -0.392 e. The first-order valence-corrected chi connectivity index (χ1v) is 5.27. The summed E-state index contributed by atoms with van der Waals surface area (Å²) in [4.78, 5) is 0. The fourth-order valence-electron chi connectivity index (χ4n) is 1.65. The minimum atomic E-state index is -0.429. The summed E-state index contributed by atoms with van der Waals surface area (Å²) in [6, 6.07) is -0.0168. The number of ether oxygens (including phenoxy) is 1. The van der Waals surface area contributed by atoms with Crippen molar-refractivity contribution in [2.45, 2.75) is 38.5 Å². The number of rotatable bonds is 5. The van der Waals surface area contributed by atoms with Gasteiger partial charge in [0, 0.05) is 6.54 Å². The third-order valence-corrected chi connectivity index (χ3v) is 2.41. The average Bonchev–Trinajstić information content (AvgIpc) is 2.46. The zero-order valence-corrected chi connectivity index (χ0v) is 8.94. The van der Waals surface area contributed by atoms with Crippen LogP contribution in [-0.2, 0) is 4.74 Å². The van der Waals surface area contributed by atoms with Gasteiger partial charge >= 0.3 is 0 Å². The van der Waals surface area contributed by atoms with Crippen molar-refractivity contribution in [3.05, 3.63) is 0 Å². The van der Waals surface area contributed by atoms with Gasteiger partial charge in [-0.15, -0.1) is 0 Å². The number of hydrogen-bond donors (Lipinski definition) is 3. The van der Waals surface area contributed by atoms with Crippen LogP contribution in [0.4, 0.5) is 0 Å². The van der Waals surface area contributed by atoms with Crippen LogP contribution >= 0.6 is 0 Å². The van der Waals surface area contributed by atoms with Gasteiger partial charge in [-0.2, -0.15) is 0 Å². The quantitative estimate of drug-likeness (QED) is 0.576. The van der Waals surface area contributed by atoms with Crippen molar-refractivity contribution in [3.8, 4) is 0 Å². The predicted octanol–water partition coefficient (Wildman–Crippen LogP) is -0.257. The van der Waals surface area contributed by atoms with Crippen molar-refractivity contribution in [1.82, 2.24) is 5.32 Å². The molecule has 0 spiro atoms. The van der Waals surface area contributed by atoms with Gasteiger partial charge < -0.3 is 20.3 Å². The molecular formula is C10H21NO3. The molecule has 3 N–H and O–H groups in total. The Balaban J connectivity index is 2.13. The molecule has 84 valence electrons. The zero-order chi connectivity index (χ0) is 10.6. The summed E-state index contributed by atoms with van der Waals surface area (Å²) in [7, 11) is 0. The Bertz CT molecular complexity index is 163. The van der Waals surface area contributed by atoms with Crippen LogP contribution in [0.1, 0.15) is 20.3 Å². The van der Waals surface area contributed by atoms with Gasteiger partial charge in [0.05, 0.1) is 31.5 Å². The van der Waals surface area contributed by atoms with E-state index in [1.807, 2.05) is 0 Å². The molecule has 0 bridgehead atoms. The van der Waals surface area contributed by atoms with Gasteiger partial charge in [-0.1, -0.05) is 13.8 Å². The summed E-state index contributed by atoms with van der Waals surface area (Å²) in [6.07, 6.45) is 0.0282. The number of nitrogens with one attached hydrogen (secondary N) is 1. The Morgan fingerprint density at radius 2 is 2.14 bits per heavy atom. The Labute approximate surface area is 85.3 Å². The van der Waals surface area contributed by atoms with Gasteiger partial charge in [-0.05, 0) is 12.3 Å². The molecule has 1 fully saturated rings. The van der Waals surface area contributed by atoms with Crippen LogP contribution < -0.4 is 5.32 Å². The number of hydrogen-bond acceptors (Lipinski definition) is 4. The molecule has 0 amide bonds. The van der Waals surface area contributed by atoms with Crippen LogP contribution in [0.15, 0.2) is 0 Å². The molecule has 0 saturated carbocycles. The standard InChI is InChI=1S/C10H21NO3/c1-7(2)3-8(12)4-11-9-5-14-6-10(9)13/h7-13H,3-6H2,1-2H3. The van der Waals surface area contributed by atoms with Crippen LogP contribution in [0.3, 0.4) is 0 Å². The summed E-state index contributed by atoms with van der Waals surface area (Å²) in [5, 5.41) is 22.1. The highest BCUT2D eigenvalue weighted by atomic mass is 16.5. The van der Waals surface area contributed by atoms with Gasteiger partial charge in [-0.3, -0.25) is 0 Å². The first kappa shape index (κ1) is 11.9. The molecule has 3 atom stereocenters. The molecule has 0 aromatic rings. The van der Waals surface area contributed by atoms with E-state index >= 15 is 0 Å². The van der Waals surface area contributed by atoms with E-state index in [1.165, 1.54) is 0 Å². The van der Waals surface area contributed by atoms with Crippen LogP contribution in [0, 0.1) is 5.92 Å². The van der Waals surface area contributed by atoms with Crippen molar-refractivity contribution in [2.24, 2.45) is 5.92 Å². The van der Waals surface area contributed by atoms with E-state index < -0.39 is 6.10 Å². The second-order valence-electron chi connectivity index (χ2n) is 4.40. The van der Waals surface area contributed by atoms with Gasteiger partial charge in [0.1, 0.15) is 0 Å². The van der Waals surface area contributed by atoms with E-state index in [0.717, 1.165) is 6.42 Å². The number of aliphatic hydroxyl groups is 2. The average molecular weight is 203 g/mol. The summed E-state index contributed by atoms with van der Waals surface area (Å²) >= 11 is 0. The second kappa shape index (κ2) is 5.66. The molecule has 0 radical (unpaired) electrons. The maximum absolute atomic E-state index is 9.58. The molecule has 4 nitrogen and oxygen atoms in total. The highest BCUT2D eigenvalue weighted by molar-refractivity contribution is 4.81. The maximum Gasteiger partial charge on any atom is 0.0948 e. The molecular weight excluding hydrogens is 182 g/mol. The van der Waals surface area contributed by atoms with E-state index in [-0.39, 0.29) is 12.1 Å². The van der Waals surface area contributed by atoms with Crippen LogP contribution in [0.25, 0.3) is 0 Å². The maximum atomic E-state index is 9.58. The highest BCUT2D eigenvalue weighted by Crippen LogP contribution is 2.07. The molecule has 1 saturated heterocycles. The Morgan fingerprint density at radius 3 is 2.64 bits per heavy atom. The minimum absolute atomic E-state index is 0.0168. The van der Waals surface area contributed by atoms with Crippen molar-refractivity contribution in [3.63, 3.8) is 0 Å². The lowest BCUT2D eigenvalue weighted by Gasteiger charge is -2.18. The Kier molecular flexibility index (Phi) is 4.81. The molecule has 3 unspecified atom stereocenters. The first-order valence-electron chi connectivity index (χ1n) is 5.27. The fourth-order valence-corrected chi connectivity index (χ4v) is 1.65. The highest BCUT2D eigenvalue weighted by Gasteiger charge is 2.25. The van der Waals surface area contributed by atoms with Crippen molar-refractivity contribution >= 4 is 0 Å². The van der Waals surface area contributed by atoms with Crippen LogP contribution in [0.5, 0.6) is 0 Å². The molecule has 4 heteroatoms. The first-order chi connectivity index (χ1) is 6.59. The fraction of sp³-hybridized carbons (Fsp3) is 1.00. The van der Waals surface area contributed by atoms with Gasteiger partial charge in [0.25, 0.3) is 0 Å². The van der Waals surface area contributed by atoms with E-state index in [4.69, 9.17) is 4.74 Å². The molecule has 1 rings (SSSR count). The third-order valence-electron chi connectivity index (χ3n) is 2.41. The largest absolute Gasteiger partial charge is 0.392 e. The van der Waals surface area contributed by atoms with Crippen molar-refractivity contribution < 1.29 is 14.9 Å². The van der Waals surface area contributed by atoms with Gasteiger partial charge in [0.15, 0.2) is 0 Å². The molecule has 0 aliphatic carbocycles. The van der Waals surface area contributed by atoms with E-state index in [9.17, 15) is 10.2 Å². The zero-order valence-electron chi connectivity index (χ0n) is 8.94. The Hall–Kier alpha value is -0.160. The second-order valence-corrected chi connectivity index (χ2v) is 4.40. The van der Waals surface area contributed by atoms with E-state index in [1.54, 1.807) is 0 Å². The molecule has 0 aromatic carbocycles. The predicted molar refractivity (Wildman–Crippen MR) is 54.1 cm³/mol. The molecule has 1 heterocycles. The molecule has 14 heavy (non-hydrogen) atoms. The lowest BCUT2D eigenvalue weighted by atomic mass is 10.1. The summed E-state index contributed by atoms with van der Waals surface area (Å²) in [5.74, 6) is 0.497. The van der Waals surface area contributed by atoms with Gasteiger partial charge in [0.2, 0.25) is 0 Å². The van der Waals surface area contributed by atoms with Gasteiger partial charge in [-0.25, -0.2) is 0 Å². The van der Waals surface area contributed by atoms with E-state index in [0.29, 0.717) is 25.7 Å². The van der Waals surface area contributed by atoms with Crippen molar-refractivity contribution in [1.29, 1.82) is 0 Å². The summed E-state index contributed by atoms with van der Waals surface area (Å²) < 4.78 is 5.09. The number of aliphatic hydroxyl groups excluding tert-OH is 2.